The highest BCUT2D eigenvalue weighted by Gasteiger charge is 2.44. The summed E-state index contributed by atoms with van der Waals surface area (Å²) >= 11 is 0. The second-order valence-corrected chi connectivity index (χ2v) is 7.72. The number of amides is 1. The van der Waals surface area contributed by atoms with Crippen molar-refractivity contribution in [2.45, 2.75) is 50.9 Å². The summed E-state index contributed by atoms with van der Waals surface area (Å²) in [5, 5.41) is 21.4. The molecule has 26 heavy (non-hydrogen) atoms. The second kappa shape index (κ2) is 7.94. The lowest BCUT2D eigenvalue weighted by Crippen LogP contribution is -2.62. The van der Waals surface area contributed by atoms with Crippen molar-refractivity contribution in [2.24, 2.45) is 0 Å². The smallest absolute Gasteiger partial charge is 0.219 e. The lowest BCUT2D eigenvalue weighted by Gasteiger charge is -2.47. The van der Waals surface area contributed by atoms with Gasteiger partial charge in [0.25, 0.3) is 0 Å². The topological polar surface area (TPSA) is 73.2 Å². The van der Waals surface area contributed by atoms with E-state index in [2.05, 4.69) is 4.90 Å². The molecule has 2 atom stereocenters. The van der Waals surface area contributed by atoms with Gasteiger partial charge in [-0.15, -0.1) is 0 Å². The van der Waals surface area contributed by atoms with E-state index >= 15 is 0 Å². The van der Waals surface area contributed by atoms with Crippen LogP contribution in [0.15, 0.2) is 24.3 Å². The maximum atomic E-state index is 11.5. The minimum atomic E-state index is -1.28. The van der Waals surface area contributed by atoms with Crippen molar-refractivity contribution in [1.29, 1.82) is 0 Å². The van der Waals surface area contributed by atoms with Gasteiger partial charge in [0.15, 0.2) is 0 Å². The summed E-state index contributed by atoms with van der Waals surface area (Å²) < 4.78 is 5.79. The molecule has 0 saturated carbocycles. The van der Waals surface area contributed by atoms with Crippen molar-refractivity contribution >= 4 is 5.91 Å². The Labute approximate surface area is 155 Å². The number of aliphatic hydroxyl groups is 2. The van der Waals surface area contributed by atoms with Crippen LogP contribution < -0.4 is 4.74 Å². The number of aliphatic hydroxyl groups excluding tert-OH is 1. The summed E-state index contributed by atoms with van der Waals surface area (Å²) in [5.74, 6) is 0.832. The van der Waals surface area contributed by atoms with Crippen molar-refractivity contribution in [3.63, 3.8) is 0 Å². The summed E-state index contributed by atoms with van der Waals surface area (Å²) in [6.07, 6.45) is 1.55. The van der Waals surface area contributed by atoms with Gasteiger partial charge in [0.1, 0.15) is 18.0 Å². The molecule has 0 spiro atoms. The van der Waals surface area contributed by atoms with Gasteiger partial charge in [-0.05, 0) is 43.9 Å². The lowest BCUT2D eigenvalue weighted by molar-refractivity contribution is -0.149. The van der Waals surface area contributed by atoms with E-state index in [1.54, 1.807) is 6.92 Å². The molecule has 1 aromatic carbocycles. The molecule has 0 unspecified atom stereocenters. The van der Waals surface area contributed by atoms with E-state index < -0.39 is 11.7 Å². The van der Waals surface area contributed by atoms with E-state index in [-0.39, 0.29) is 12.5 Å². The number of hydrogen-bond donors (Lipinski definition) is 2. The largest absolute Gasteiger partial charge is 0.490 e. The first-order chi connectivity index (χ1) is 12.4. The molecular weight excluding hydrogens is 332 g/mol. The van der Waals surface area contributed by atoms with Crippen LogP contribution in [0.2, 0.25) is 0 Å². The summed E-state index contributed by atoms with van der Waals surface area (Å²) in [4.78, 5) is 15.6. The van der Waals surface area contributed by atoms with E-state index in [0.29, 0.717) is 24.8 Å². The molecule has 0 aromatic heterocycles. The molecule has 2 aliphatic rings. The standard InChI is InChI=1S/C20H30N2O4/c1-15-4-3-5-18(12-15)26-14-20(25)13-22(11-8-19(20)24)17-6-9-21(10-7-17)16(2)23/h3-5,12,17,19,24-25H,6-11,13-14H2,1-2H3/t19-,20-/m0/s1. The number of ether oxygens (including phenoxy) is 1. The fourth-order valence-corrected chi connectivity index (χ4v) is 4.01. The Bertz CT molecular complexity index is 630. The number of piperidine rings is 2. The van der Waals surface area contributed by atoms with Gasteiger partial charge in [0.2, 0.25) is 5.91 Å². The molecule has 2 fully saturated rings. The summed E-state index contributed by atoms with van der Waals surface area (Å²) in [7, 11) is 0. The maximum absolute atomic E-state index is 11.5. The maximum Gasteiger partial charge on any atom is 0.219 e. The zero-order valence-electron chi connectivity index (χ0n) is 15.7. The number of β-amino-alcohol motifs (C(OH)–C–C–N with tert-alkyl or cyclic N) is 1. The van der Waals surface area contributed by atoms with Crippen LogP contribution in [0.4, 0.5) is 0 Å². The molecule has 2 saturated heterocycles. The van der Waals surface area contributed by atoms with Crippen LogP contribution >= 0.6 is 0 Å². The van der Waals surface area contributed by atoms with Crippen LogP contribution in [0.1, 0.15) is 31.7 Å². The highest BCUT2D eigenvalue weighted by Crippen LogP contribution is 2.28. The first-order valence-corrected chi connectivity index (χ1v) is 9.47. The third-order valence-corrected chi connectivity index (χ3v) is 5.69. The number of likely N-dealkylation sites (tertiary alicyclic amines) is 2. The number of benzene rings is 1. The molecule has 144 valence electrons. The lowest BCUT2D eigenvalue weighted by atomic mass is 9.88. The van der Waals surface area contributed by atoms with E-state index in [0.717, 1.165) is 38.0 Å². The Morgan fingerprint density at radius 3 is 2.65 bits per heavy atom. The van der Waals surface area contributed by atoms with Crippen LogP contribution in [-0.4, -0.2) is 76.5 Å². The predicted molar refractivity (Wildman–Crippen MR) is 99.1 cm³/mol. The van der Waals surface area contributed by atoms with Gasteiger partial charge in [0.05, 0.1) is 6.10 Å². The van der Waals surface area contributed by atoms with Gasteiger partial charge in [-0.25, -0.2) is 0 Å². The number of carbonyl (C=O) groups is 1. The van der Waals surface area contributed by atoms with Gasteiger partial charge in [-0.2, -0.15) is 0 Å². The van der Waals surface area contributed by atoms with Gasteiger partial charge < -0.3 is 19.8 Å². The monoisotopic (exact) mass is 362 g/mol. The van der Waals surface area contributed by atoms with E-state index in [1.807, 2.05) is 36.1 Å². The first-order valence-electron chi connectivity index (χ1n) is 9.47. The molecule has 3 rings (SSSR count). The predicted octanol–water partition coefficient (Wildman–Crippen LogP) is 1.18. The average Bonchev–Trinajstić information content (AvgIpc) is 2.63. The molecule has 1 aromatic rings. The number of carbonyl (C=O) groups excluding carboxylic acids is 1. The fourth-order valence-electron chi connectivity index (χ4n) is 4.01. The van der Waals surface area contributed by atoms with Crippen molar-refractivity contribution in [1.82, 2.24) is 9.80 Å². The zero-order chi connectivity index (χ0) is 18.7. The van der Waals surface area contributed by atoms with E-state index in [9.17, 15) is 15.0 Å². The minimum Gasteiger partial charge on any atom is -0.490 e. The quantitative estimate of drug-likeness (QED) is 0.842. The zero-order valence-corrected chi connectivity index (χ0v) is 15.7. The Morgan fingerprint density at radius 1 is 1.27 bits per heavy atom. The van der Waals surface area contributed by atoms with E-state index in [4.69, 9.17) is 4.74 Å². The van der Waals surface area contributed by atoms with Gasteiger partial charge in [0, 0.05) is 39.1 Å². The van der Waals surface area contributed by atoms with Crippen LogP contribution in [0.25, 0.3) is 0 Å². The van der Waals surface area contributed by atoms with Crippen LogP contribution in [-0.2, 0) is 4.79 Å². The SMILES string of the molecule is CC(=O)N1CCC(N2CC[C@H](O)[C@@](O)(COc3cccc(C)c3)C2)CC1. The average molecular weight is 362 g/mol. The minimum absolute atomic E-state index is 0.0699. The number of aryl methyl sites for hydroxylation is 1. The Balaban J connectivity index is 1.59. The van der Waals surface area contributed by atoms with Gasteiger partial charge >= 0.3 is 0 Å². The highest BCUT2D eigenvalue weighted by atomic mass is 16.5. The molecular formula is C20H30N2O4. The normalized spacial score (nSPS) is 28.2. The summed E-state index contributed by atoms with van der Waals surface area (Å²) in [6.45, 7) is 6.35. The third-order valence-electron chi connectivity index (χ3n) is 5.69. The summed E-state index contributed by atoms with van der Waals surface area (Å²) in [5.41, 5.74) is -0.183. The van der Waals surface area contributed by atoms with Crippen LogP contribution in [0.5, 0.6) is 5.75 Å². The Hall–Kier alpha value is -1.63. The number of nitrogens with zero attached hydrogens (tertiary/aromatic N) is 2. The molecule has 6 heteroatoms. The number of hydrogen-bond acceptors (Lipinski definition) is 5. The van der Waals surface area contributed by atoms with Crippen molar-refractivity contribution in [3.8, 4) is 5.75 Å². The fraction of sp³-hybridized carbons (Fsp3) is 0.650. The third kappa shape index (κ3) is 4.37. The number of rotatable bonds is 4. The van der Waals surface area contributed by atoms with Crippen molar-refractivity contribution in [3.05, 3.63) is 29.8 Å². The van der Waals surface area contributed by atoms with Crippen LogP contribution in [0.3, 0.4) is 0 Å². The molecule has 0 aliphatic carbocycles. The van der Waals surface area contributed by atoms with Crippen molar-refractivity contribution < 1.29 is 19.7 Å². The summed E-state index contributed by atoms with van der Waals surface area (Å²) in [6, 6.07) is 8.03. The molecule has 2 heterocycles. The first kappa shape index (κ1) is 19.1. The Morgan fingerprint density at radius 2 is 2.00 bits per heavy atom. The van der Waals surface area contributed by atoms with Gasteiger partial charge in [-0.3, -0.25) is 9.69 Å². The van der Waals surface area contributed by atoms with Crippen molar-refractivity contribution in [2.75, 3.05) is 32.8 Å². The molecule has 1 amide bonds. The second-order valence-electron chi connectivity index (χ2n) is 7.72. The molecule has 2 aliphatic heterocycles. The molecule has 0 radical (unpaired) electrons. The van der Waals surface area contributed by atoms with E-state index in [1.165, 1.54) is 0 Å². The highest BCUT2D eigenvalue weighted by molar-refractivity contribution is 5.73. The molecule has 2 N–H and O–H groups in total. The van der Waals surface area contributed by atoms with Crippen LogP contribution in [0, 0.1) is 6.92 Å². The molecule has 0 bridgehead atoms. The molecule has 6 nitrogen and oxygen atoms in total. The Kier molecular flexibility index (Phi) is 5.85. The van der Waals surface area contributed by atoms with Gasteiger partial charge in [-0.1, -0.05) is 12.1 Å².